The largest absolute Gasteiger partial charge is 0.453 e. The summed E-state index contributed by atoms with van der Waals surface area (Å²) in [4.78, 5) is 9.22. The fourth-order valence-electron chi connectivity index (χ4n) is 15.2. The molecule has 2 heterocycles. The minimum atomic E-state index is -0.520. The van der Waals surface area contributed by atoms with Gasteiger partial charge >= 0.3 is 0 Å². The first-order valence-corrected chi connectivity index (χ1v) is 31.7. The fraction of sp³-hybridized carbons (Fsp3) is 0.0805. The molecule has 0 saturated carbocycles. The number of nitrogens with zero attached hydrogens (tertiary/aromatic N) is 4. The van der Waals surface area contributed by atoms with E-state index in [0.29, 0.717) is 52.0 Å². The molecule has 3 aliphatic rings. The van der Waals surface area contributed by atoms with Crippen molar-refractivity contribution >= 4 is 39.8 Å². The maximum absolute atomic E-state index is 12.5. The first-order chi connectivity index (χ1) is 45.5. The molecule has 0 bridgehead atoms. The highest BCUT2D eigenvalue weighted by Gasteiger charge is 2.50. The Morgan fingerprint density at radius 2 is 0.591 bits per heavy atom. The zero-order valence-electron chi connectivity index (χ0n) is 52.0. The maximum Gasteiger partial charge on any atom is 0.216 e. The van der Waals surface area contributed by atoms with E-state index in [1.165, 1.54) is 0 Å². The van der Waals surface area contributed by atoms with Crippen LogP contribution >= 0.6 is 0 Å². The van der Waals surface area contributed by atoms with E-state index in [9.17, 15) is 11.8 Å². The quantitative estimate of drug-likeness (QED) is 0.128. The predicted octanol–water partition coefficient (Wildman–Crippen LogP) is 24.6. The van der Waals surface area contributed by atoms with Crippen molar-refractivity contribution in [3.8, 4) is 118 Å². The number of fused-ring (bicyclic) bond motifs is 5. The van der Waals surface area contributed by atoms with Gasteiger partial charge in [0.05, 0.1) is 46.3 Å². The summed E-state index contributed by atoms with van der Waals surface area (Å²) in [6.45, 7) is 18.7. The third-order valence-electron chi connectivity index (χ3n) is 18.9. The molecule has 0 fully saturated rings. The predicted molar refractivity (Wildman–Crippen MR) is 381 cm³/mol. The zero-order valence-corrected chi connectivity index (χ0v) is 52.0. The molecule has 13 aromatic rings. The Morgan fingerprint density at radius 3 is 0.871 bits per heavy atom. The maximum atomic E-state index is 12.5. The smallest absolute Gasteiger partial charge is 0.216 e. The number of nitriles is 1. The van der Waals surface area contributed by atoms with Crippen molar-refractivity contribution < 1.29 is 9.47 Å². The topological polar surface area (TPSA) is 53.1 Å². The van der Waals surface area contributed by atoms with Crippen LogP contribution in [0.2, 0.25) is 0 Å². The Bertz CT molecular complexity index is 4620. The van der Waals surface area contributed by atoms with Gasteiger partial charge in [-0.3, -0.25) is 0 Å². The monoisotopic (exact) mass is 1190 g/mol. The number of hydrogen-bond donors (Lipinski definition) is 0. The van der Waals surface area contributed by atoms with Crippen LogP contribution in [-0.4, -0.2) is 0 Å². The van der Waals surface area contributed by atoms with Gasteiger partial charge in [0.15, 0.2) is 23.0 Å². The average Bonchev–Trinajstić information content (AvgIpc) is 1.65. The molecule has 0 aromatic heterocycles. The van der Waals surface area contributed by atoms with E-state index in [4.69, 9.17) is 14.3 Å². The van der Waals surface area contributed by atoms with Crippen LogP contribution in [0.4, 0.5) is 39.8 Å². The van der Waals surface area contributed by atoms with Gasteiger partial charge in [0, 0.05) is 0 Å². The lowest BCUT2D eigenvalue weighted by Crippen LogP contribution is -2.25. The molecule has 1 aliphatic carbocycles. The van der Waals surface area contributed by atoms with Gasteiger partial charge < -0.3 is 19.3 Å². The van der Waals surface area contributed by atoms with Crippen LogP contribution in [-0.2, 0) is 10.8 Å². The number of hydrogen-bond acceptors (Lipinski definition) is 5. The lowest BCUT2D eigenvalue weighted by atomic mass is 9.81. The molecule has 16 rings (SSSR count). The van der Waals surface area contributed by atoms with Crippen molar-refractivity contribution in [2.45, 2.75) is 44.9 Å². The average molecular weight is 1200 g/mol. The number of ether oxygens (including phenoxy) is 2. The highest BCUT2D eigenvalue weighted by molar-refractivity contribution is 6.08. The Labute approximate surface area is 543 Å². The first-order valence-electron chi connectivity index (χ1n) is 31.7. The Hall–Kier alpha value is -12.0. The SMILES string of the molecule is [C-]#[N+]c1c(N2c3ccc(-c4ccccc4-c4ccccc4)cc3Oc3cc(-c4ccccc4-c4ccccc4)ccc32)c(N2c3ccc(-c4ccccc4-c4ccccc4)cc3Oc3cc(-c4ccccc4-c4ccccc4)ccc32)c(C#N)c2c1C(C)(C)CC2(C)C. The Kier molecular flexibility index (Phi) is 13.6. The second-order valence-corrected chi connectivity index (χ2v) is 25.6. The van der Waals surface area contributed by atoms with Crippen LogP contribution in [0.15, 0.2) is 291 Å². The van der Waals surface area contributed by atoms with Crippen molar-refractivity contribution in [3.05, 3.63) is 319 Å². The molecule has 0 unspecified atom stereocenters. The van der Waals surface area contributed by atoms with Crippen molar-refractivity contribution in [1.29, 1.82) is 5.26 Å². The fourth-order valence-corrected chi connectivity index (χ4v) is 15.2. The minimum absolute atomic E-state index is 0.474. The number of rotatable bonds is 10. The van der Waals surface area contributed by atoms with E-state index in [1.54, 1.807) is 0 Å². The molecule has 0 spiro atoms. The summed E-state index contributed by atoms with van der Waals surface area (Å²) in [5, 5.41) is 12.5. The van der Waals surface area contributed by atoms with E-state index in [-0.39, 0.29) is 0 Å². The van der Waals surface area contributed by atoms with Gasteiger partial charge in [0.25, 0.3) is 0 Å². The normalized spacial score (nSPS) is 13.6. The van der Waals surface area contributed by atoms with Crippen LogP contribution in [0.5, 0.6) is 23.0 Å². The summed E-state index contributed by atoms with van der Waals surface area (Å²) >= 11 is 0. The van der Waals surface area contributed by atoms with E-state index in [2.05, 4.69) is 310 Å². The van der Waals surface area contributed by atoms with Gasteiger partial charge in [0.1, 0.15) is 6.07 Å². The third kappa shape index (κ3) is 9.54. The zero-order chi connectivity index (χ0) is 63.0. The van der Waals surface area contributed by atoms with Gasteiger partial charge in [-0.05, 0) is 166 Å². The summed E-state index contributed by atoms with van der Waals surface area (Å²) < 4.78 is 14.8. The van der Waals surface area contributed by atoms with Crippen molar-refractivity contribution in [2.24, 2.45) is 0 Å². The molecule has 2 aliphatic heterocycles. The van der Waals surface area contributed by atoms with Crippen LogP contribution in [0.25, 0.3) is 93.9 Å². The van der Waals surface area contributed by atoms with Gasteiger partial charge in [-0.25, -0.2) is 4.85 Å². The molecular weight excluding hydrogens is 1130 g/mol. The van der Waals surface area contributed by atoms with Crippen LogP contribution in [0.1, 0.15) is 50.8 Å². The Balaban J connectivity index is 0.991. The molecule has 0 saturated heterocycles. The van der Waals surface area contributed by atoms with Gasteiger partial charge in [0.2, 0.25) is 5.69 Å². The molecule has 442 valence electrons. The highest BCUT2D eigenvalue weighted by Crippen LogP contribution is 2.67. The summed E-state index contributed by atoms with van der Waals surface area (Å²) in [5.74, 6) is 2.40. The van der Waals surface area contributed by atoms with Gasteiger partial charge in [-0.2, -0.15) is 5.26 Å². The van der Waals surface area contributed by atoms with Gasteiger partial charge in [-0.15, -0.1) is 0 Å². The molecule has 0 radical (unpaired) electrons. The van der Waals surface area contributed by atoms with E-state index < -0.39 is 10.8 Å². The van der Waals surface area contributed by atoms with Crippen molar-refractivity contribution in [2.75, 3.05) is 9.80 Å². The summed E-state index contributed by atoms with van der Waals surface area (Å²) in [6, 6.07) is 105. The van der Waals surface area contributed by atoms with Crippen LogP contribution < -0.4 is 19.3 Å². The van der Waals surface area contributed by atoms with Crippen LogP contribution in [0, 0.1) is 17.9 Å². The first kappa shape index (κ1) is 56.3. The lowest BCUT2D eigenvalue weighted by Gasteiger charge is -2.41. The molecule has 13 aromatic carbocycles. The molecule has 0 atom stereocenters. The second kappa shape index (κ2) is 22.5. The molecule has 6 heteroatoms. The van der Waals surface area contributed by atoms with Crippen molar-refractivity contribution in [3.63, 3.8) is 0 Å². The minimum Gasteiger partial charge on any atom is -0.453 e. The second-order valence-electron chi connectivity index (χ2n) is 25.6. The van der Waals surface area contributed by atoms with E-state index in [1.807, 2.05) is 24.3 Å². The summed E-state index contributed by atoms with van der Waals surface area (Å²) in [6.07, 6.45) is 0.713. The van der Waals surface area contributed by atoms with Crippen LogP contribution in [0.3, 0.4) is 0 Å². The van der Waals surface area contributed by atoms with Gasteiger partial charge in [-0.1, -0.05) is 270 Å². The number of benzene rings is 13. The molecule has 0 amide bonds. The lowest BCUT2D eigenvalue weighted by molar-refractivity contribution is 0.403. The third-order valence-corrected chi connectivity index (χ3v) is 18.9. The van der Waals surface area contributed by atoms with Crippen molar-refractivity contribution in [1.82, 2.24) is 0 Å². The molecular formula is C87H62N4O2. The summed E-state index contributed by atoms with van der Waals surface area (Å²) in [7, 11) is 0. The highest BCUT2D eigenvalue weighted by atomic mass is 16.5. The molecule has 6 nitrogen and oxygen atoms in total. The van der Waals surface area contributed by atoms with E-state index >= 15 is 0 Å². The molecule has 0 N–H and O–H groups in total. The number of anilines is 6. The molecule has 93 heavy (non-hydrogen) atoms. The standard InChI is InChI=1S/C87H62N4O2/c1-86(2)55-87(3,4)82-81(86)72(54-88)84(90-73-46-42-60(68-38-22-18-34-64(68)56-26-10-6-11-27-56)50-77(73)92-78-51-61(43-47-74(78)90)69-39-23-19-35-65(69)57-28-12-7-13-29-57)85(83(82)89-5)91-75-48-44-62(70-40-24-20-36-66(70)58-30-14-8-15-31-58)52-79(75)93-80-53-63(45-49-76(80)91)71-41-25-21-37-67(71)59-32-16-9-17-33-59/h6-53H,55H2,1-4H3. The van der Waals surface area contributed by atoms with E-state index in [0.717, 1.165) is 123 Å². The Morgan fingerprint density at radius 1 is 0.333 bits per heavy atom. The summed E-state index contributed by atoms with van der Waals surface area (Å²) in [5.41, 5.74) is 22.5.